The van der Waals surface area contributed by atoms with E-state index in [9.17, 15) is 4.79 Å². The van der Waals surface area contributed by atoms with Crippen LogP contribution in [0, 0.1) is 0 Å². The Morgan fingerprint density at radius 1 is 0.944 bits per heavy atom. The molecule has 0 unspecified atom stereocenters. The van der Waals surface area contributed by atoms with Crippen LogP contribution in [-0.4, -0.2) is 11.7 Å². The summed E-state index contributed by atoms with van der Waals surface area (Å²) in [6.45, 7) is 2.26. The van der Waals surface area contributed by atoms with E-state index in [0.717, 1.165) is 4.64 Å². The molecule has 4 heteroatoms. The predicted octanol–water partition coefficient (Wildman–Crippen LogP) is 4.80. The van der Waals surface area contributed by atoms with Crippen LogP contribution in [0.4, 0.5) is 0 Å². The number of thiol groups is 1. The molecule has 0 saturated carbocycles. The number of unbranched alkanes of at least 4 members (excludes halogenated alkanes) is 9. The summed E-state index contributed by atoms with van der Waals surface area (Å²) in [5.74, 6) is 0.0567. The van der Waals surface area contributed by atoms with Crippen LogP contribution in [-0.2, 0) is 28.2 Å². The zero-order chi connectivity index (χ0) is 13.5. The summed E-state index contributed by atoms with van der Waals surface area (Å²) in [7, 11) is 0. The molecule has 0 rings (SSSR count). The summed E-state index contributed by atoms with van der Waals surface area (Å²) < 4.78 is 6.15. The summed E-state index contributed by atoms with van der Waals surface area (Å²) in [6.07, 6.45) is 13.6. The van der Waals surface area contributed by atoms with Crippen molar-refractivity contribution in [2.45, 2.75) is 75.8 Å². The van der Waals surface area contributed by atoms with Gasteiger partial charge in [-0.3, -0.25) is 0 Å². The Morgan fingerprint density at radius 2 is 1.44 bits per heavy atom. The van der Waals surface area contributed by atoms with Gasteiger partial charge >= 0.3 is 128 Å². The monoisotopic (exact) mass is 457 g/mol. The molecule has 0 atom stereocenters. The van der Waals surface area contributed by atoms with Gasteiger partial charge in [-0.1, -0.05) is 0 Å². The zero-order valence-electron chi connectivity index (χ0n) is 11.6. The summed E-state index contributed by atoms with van der Waals surface area (Å²) in [5.41, 5.74) is 0. The maximum atomic E-state index is 10.8. The Kier molecular flexibility index (Phi) is 16.1. The standard InChI is InChI=1S/C12H25.C2H4O2S.Au/c1-3-5-7-9-11-12-10-8-6-4-2;3-2(4)1-5;/h1,3-12H2,2H3;5H,1H2,(H,3,4);/q;;+1/p-1. The van der Waals surface area contributed by atoms with E-state index in [-0.39, 0.29) is 31.9 Å². The fourth-order valence-electron chi connectivity index (χ4n) is 1.71. The normalized spacial score (nSPS) is 10.8. The van der Waals surface area contributed by atoms with Crippen LogP contribution in [0.25, 0.3) is 0 Å². The van der Waals surface area contributed by atoms with Crippen LogP contribution in [0.1, 0.15) is 71.1 Å². The Hall–Kier alpha value is 0.560. The number of hydrogen-bond donors (Lipinski definition) is 1. The van der Waals surface area contributed by atoms with Crippen LogP contribution >= 0.6 is 12.6 Å². The van der Waals surface area contributed by atoms with Gasteiger partial charge in [-0.2, -0.15) is 0 Å². The van der Waals surface area contributed by atoms with Crippen LogP contribution in [0.3, 0.4) is 0 Å². The minimum atomic E-state index is -0.250. The Bertz CT molecular complexity index is 189. The molecule has 0 saturated heterocycles. The van der Waals surface area contributed by atoms with E-state index >= 15 is 0 Å². The van der Waals surface area contributed by atoms with Crippen molar-refractivity contribution in [3.05, 3.63) is 0 Å². The van der Waals surface area contributed by atoms with E-state index in [1.807, 2.05) is 0 Å². The van der Waals surface area contributed by atoms with E-state index in [2.05, 4.69) is 19.6 Å². The molecule has 0 N–H and O–H groups in total. The number of hydrogen-bond acceptors (Lipinski definition) is 3. The molecule has 0 aliphatic rings. The molecule has 0 heterocycles. The Balaban J connectivity index is 2.97. The van der Waals surface area contributed by atoms with Gasteiger partial charge in [0, 0.05) is 0 Å². The van der Waals surface area contributed by atoms with Crippen LogP contribution < -0.4 is 0 Å². The average Bonchev–Trinajstić information content (AvgIpc) is 2.39. The van der Waals surface area contributed by atoms with Gasteiger partial charge in [-0.15, -0.1) is 0 Å². The molecule has 0 amide bonds. The molecule has 18 heavy (non-hydrogen) atoms. The third-order valence-electron chi connectivity index (χ3n) is 2.76. The van der Waals surface area contributed by atoms with Crippen LogP contribution in [0.15, 0.2) is 0 Å². The van der Waals surface area contributed by atoms with Gasteiger partial charge < -0.3 is 0 Å². The second-order valence-corrected chi connectivity index (χ2v) is 6.98. The molecule has 0 spiro atoms. The fraction of sp³-hybridized carbons (Fsp3) is 0.929. The van der Waals surface area contributed by atoms with Crippen molar-refractivity contribution < 1.29 is 28.2 Å². The van der Waals surface area contributed by atoms with Crippen molar-refractivity contribution in [1.29, 1.82) is 0 Å². The van der Waals surface area contributed by atoms with Crippen molar-refractivity contribution in [2.75, 3.05) is 5.75 Å². The van der Waals surface area contributed by atoms with Gasteiger partial charge in [0.1, 0.15) is 0 Å². The van der Waals surface area contributed by atoms with Gasteiger partial charge in [0.2, 0.25) is 0 Å². The average molecular weight is 457 g/mol. The summed E-state index contributed by atoms with van der Waals surface area (Å²) >= 11 is 3.62. The molecule has 0 bridgehead atoms. The zero-order valence-corrected chi connectivity index (χ0v) is 14.6. The third kappa shape index (κ3) is 14.6. The van der Waals surface area contributed by atoms with E-state index in [4.69, 9.17) is 3.24 Å². The first-order valence-corrected chi connectivity index (χ1v) is 10.2. The van der Waals surface area contributed by atoms with E-state index in [1.54, 1.807) is 0 Å². The molecular weight excluding hydrogens is 429 g/mol. The quantitative estimate of drug-likeness (QED) is 0.244. The number of carbonyl (C=O) groups excluding carboxylic acids is 1. The minimum absolute atomic E-state index is 0.160. The first kappa shape index (κ1) is 18.6. The Morgan fingerprint density at radius 3 is 1.94 bits per heavy atom. The predicted molar refractivity (Wildman–Crippen MR) is 76.6 cm³/mol. The van der Waals surface area contributed by atoms with Gasteiger partial charge in [-0.05, 0) is 0 Å². The van der Waals surface area contributed by atoms with Gasteiger partial charge in [0.15, 0.2) is 0 Å². The second-order valence-electron chi connectivity index (χ2n) is 4.51. The molecule has 113 valence electrons. The van der Waals surface area contributed by atoms with Crippen LogP contribution in [0.5, 0.6) is 0 Å². The van der Waals surface area contributed by atoms with E-state index in [1.165, 1.54) is 64.2 Å². The van der Waals surface area contributed by atoms with Crippen molar-refractivity contribution in [1.82, 2.24) is 0 Å². The first-order chi connectivity index (χ1) is 8.81. The summed E-state index contributed by atoms with van der Waals surface area (Å²) in [5, 5.41) is 0. The summed E-state index contributed by atoms with van der Waals surface area (Å²) in [4.78, 5) is 10.8. The van der Waals surface area contributed by atoms with Crippen molar-refractivity contribution >= 4 is 18.6 Å². The number of rotatable bonds is 13. The molecule has 0 aromatic heterocycles. The molecule has 0 fully saturated rings. The molecule has 0 radical (unpaired) electrons. The summed E-state index contributed by atoms with van der Waals surface area (Å²) in [6, 6.07) is 0. The molecule has 2 nitrogen and oxygen atoms in total. The second kappa shape index (κ2) is 15.6. The molecule has 0 aliphatic carbocycles. The van der Waals surface area contributed by atoms with Crippen molar-refractivity contribution in [3.63, 3.8) is 0 Å². The van der Waals surface area contributed by atoms with E-state index < -0.39 is 0 Å². The van der Waals surface area contributed by atoms with Crippen LogP contribution in [0.2, 0.25) is 4.64 Å². The third-order valence-corrected chi connectivity index (χ3v) is 5.04. The fourth-order valence-corrected chi connectivity index (χ4v) is 3.59. The maximum absolute atomic E-state index is 10.8. The van der Waals surface area contributed by atoms with Gasteiger partial charge in [0.05, 0.1) is 0 Å². The first-order valence-electron chi connectivity index (χ1n) is 7.12. The molecular formula is C14H28AuO2S. The van der Waals surface area contributed by atoms with Gasteiger partial charge in [0.25, 0.3) is 0 Å². The van der Waals surface area contributed by atoms with Crippen molar-refractivity contribution in [3.8, 4) is 0 Å². The topological polar surface area (TPSA) is 26.3 Å². The van der Waals surface area contributed by atoms with E-state index in [0.29, 0.717) is 0 Å². The number of carbonyl (C=O) groups is 1. The molecule has 0 aromatic carbocycles. The SMILES string of the molecule is CCCCCCCCCCC[CH2][Au][O]C(=O)CS. The molecule has 0 aliphatic heterocycles. The van der Waals surface area contributed by atoms with Crippen molar-refractivity contribution in [2.24, 2.45) is 0 Å². The molecule has 0 aromatic rings. The van der Waals surface area contributed by atoms with Gasteiger partial charge in [-0.25, -0.2) is 0 Å². The Labute approximate surface area is 128 Å².